The van der Waals surface area contributed by atoms with E-state index >= 15 is 0 Å². The van der Waals surface area contributed by atoms with Gasteiger partial charge in [-0.3, -0.25) is 0 Å². The van der Waals surface area contributed by atoms with Crippen molar-refractivity contribution >= 4 is 11.6 Å². The Bertz CT molecular complexity index is 409. The molecule has 1 atom stereocenters. The minimum Gasteiger partial charge on any atom is -0.372 e. The van der Waals surface area contributed by atoms with Crippen molar-refractivity contribution in [1.29, 1.82) is 0 Å². The number of fused-ring (bicyclic) bond motifs is 1. The van der Waals surface area contributed by atoms with Crippen LogP contribution in [0, 0.1) is 5.41 Å². The summed E-state index contributed by atoms with van der Waals surface area (Å²) in [5.74, 6) is 0.717. The van der Waals surface area contributed by atoms with Crippen LogP contribution >= 0.6 is 11.6 Å². The molecule has 0 saturated heterocycles. The fourth-order valence-electron chi connectivity index (χ4n) is 2.85. The molecule has 1 aliphatic rings. The van der Waals surface area contributed by atoms with Gasteiger partial charge in [0.1, 0.15) is 0 Å². The van der Waals surface area contributed by atoms with Crippen molar-refractivity contribution in [3.63, 3.8) is 0 Å². The first kappa shape index (κ1) is 15.8. The van der Waals surface area contributed by atoms with E-state index in [9.17, 15) is 0 Å². The highest BCUT2D eigenvalue weighted by molar-refractivity contribution is 6.18. The molecule has 3 heteroatoms. The highest BCUT2D eigenvalue weighted by Crippen LogP contribution is 2.29. The summed E-state index contributed by atoms with van der Waals surface area (Å²) in [7, 11) is 0. The molecule has 1 aromatic carbocycles. The molecule has 0 fully saturated rings. The molecule has 0 aromatic heterocycles. The lowest BCUT2D eigenvalue weighted by Crippen LogP contribution is -2.38. The Labute approximate surface area is 127 Å². The van der Waals surface area contributed by atoms with Crippen molar-refractivity contribution in [3.05, 3.63) is 35.4 Å². The molecule has 0 spiro atoms. The Balaban J connectivity index is 1.92. The maximum Gasteiger partial charge on any atom is 0.0952 e. The van der Waals surface area contributed by atoms with Gasteiger partial charge in [0.25, 0.3) is 0 Å². The number of hydrogen-bond donors (Lipinski definition) is 1. The van der Waals surface area contributed by atoms with Crippen LogP contribution in [0.1, 0.15) is 43.9 Å². The van der Waals surface area contributed by atoms with Gasteiger partial charge in [0.2, 0.25) is 0 Å². The molecule has 0 amide bonds. The van der Waals surface area contributed by atoms with Gasteiger partial charge in [-0.2, -0.15) is 0 Å². The molecule has 1 N–H and O–H groups in total. The Hall–Kier alpha value is -0.570. The number of alkyl halides is 1. The van der Waals surface area contributed by atoms with E-state index in [0.717, 1.165) is 44.8 Å². The minimum atomic E-state index is 0.182. The van der Waals surface area contributed by atoms with Crippen LogP contribution in [0.5, 0.6) is 0 Å². The highest BCUT2D eigenvalue weighted by atomic mass is 35.5. The second-order valence-corrected chi connectivity index (χ2v) is 6.05. The van der Waals surface area contributed by atoms with E-state index in [0.29, 0.717) is 0 Å². The van der Waals surface area contributed by atoms with E-state index in [1.165, 1.54) is 11.1 Å². The molecule has 0 radical (unpaired) electrons. The first-order chi connectivity index (χ1) is 9.74. The largest absolute Gasteiger partial charge is 0.372 e. The number of halogens is 1. The van der Waals surface area contributed by atoms with E-state index < -0.39 is 0 Å². The van der Waals surface area contributed by atoms with Crippen molar-refractivity contribution in [2.24, 2.45) is 5.41 Å². The normalized spacial score (nSPS) is 18.9. The SMILES string of the molecule is CCC(CC)(CCl)CNCC1OCCc2ccccc21. The average molecular weight is 296 g/mol. The predicted molar refractivity (Wildman–Crippen MR) is 85.4 cm³/mol. The van der Waals surface area contributed by atoms with Crippen molar-refractivity contribution in [1.82, 2.24) is 5.32 Å². The molecule has 1 aliphatic heterocycles. The van der Waals surface area contributed by atoms with Crippen LogP contribution in [0.3, 0.4) is 0 Å². The average Bonchev–Trinajstić information content (AvgIpc) is 2.52. The van der Waals surface area contributed by atoms with Crippen LogP contribution in [0.4, 0.5) is 0 Å². The number of rotatable bonds is 7. The number of nitrogens with one attached hydrogen (secondary N) is 1. The van der Waals surface area contributed by atoms with Crippen molar-refractivity contribution in [2.75, 3.05) is 25.6 Å². The molecule has 112 valence electrons. The van der Waals surface area contributed by atoms with E-state index in [2.05, 4.69) is 43.4 Å². The molecule has 0 aliphatic carbocycles. The maximum absolute atomic E-state index is 6.16. The van der Waals surface area contributed by atoms with Gasteiger partial charge in [-0.05, 0) is 35.8 Å². The monoisotopic (exact) mass is 295 g/mol. The first-order valence-corrected chi connectivity index (χ1v) is 8.24. The predicted octanol–water partition coefficient (Wildman–Crippen LogP) is 3.94. The summed E-state index contributed by atoms with van der Waals surface area (Å²) in [6.45, 7) is 7.10. The Morgan fingerprint density at radius 2 is 2.05 bits per heavy atom. The van der Waals surface area contributed by atoms with E-state index in [1.54, 1.807) is 0 Å². The number of ether oxygens (including phenoxy) is 1. The summed E-state index contributed by atoms with van der Waals surface area (Å²) >= 11 is 6.16. The number of hydrogen-bond acceptors (Lipinski definition) is 2. The van der Waals surface area contributed by atoms with Crippen LogP contribution < -0.4 is 5.32 Å². The summed E-state index contributed by atoms with van der Waals surface area (Å²) in [6.07, 6.45) is 3.44. The Morgan fingerprint density at radius 1 is 1.30 bits per heavy atom. The van der Waals surface area contributed by atoms with Crippen molar-refractivity contribution in [2.45, 2.75) is 39.2 Å². The lowest BCUT2D eigenvalue weighted by molar-refractivity contribution is 0.0406. The van der Waals surface area contributed by atoms with Crippen LogP contribution in [-0.4, -0.2) is 25.6 Å². The summed E-state index contributed by atoms with van der Waals surface area (Å²) in [4.78, 5) is 0. The second kappa shape index (κ2) is 7.44. The van der Waals surface area contributed by atoms with E-state index in [1.807, 2.05) is 0 Å². The van der Waals surface area contributed by atoms with E-state index in [4.69, 9.17) is 16.3 Å². The summed E-state index contributed by atoms with van der Waals surface area (Å²) < 4.78 is 5.92. The first-order valence-electron chi connectivity index (χ1n) is 7.70. The minimum absolute atomic E-state index is 0.182. The van der Waals surface area contributed by atoms with Crippen molar-refractivity contribution < 1.29 is 4.74 Å². The van der Waals surface area contributed by atoms with Gasteiger partial charge in [-0.25, -0.2) is 0 Å². The zero-order valence-electron chi connectivity index (χ0n) is 12.6. The van der Waals surface area contributed by atoms with Gasteiger partial charge in [-0.1, -0.05) is 38.1 Å². The van der Waals surface area contributed by atoms with Gasteiger partial charge in [0.15, 0.2) is 0 Å². The summed E-state index contributed by atoms with van der Waals surface area (Å²) in [6, 6.07) is 8.62. The zero-order valence-corrected chi connectivity index (χ0v) is 13.4. The van der Waals surface area contributed by atoms with Gasteiger partial charge in [0, 0.05) is 19.0 Å². The molecule has 1 heterocycles. The molecular weight excluding hydrogens is 270 g/mol. The third-order valence-electron chi connectivity index (χ3n) is 4.71. The number of benzene rings is 1. The molecule has 20 heavy (non-hydrogen) atoms. The standard InChI is InChI=1S/C17H26ClNO/c1-3-17(4-2,12-18)13-19-11-16-15-8-6-5-7-14(15)9-10-20-16/h5-8,16,19H,3-4,9-13H2,1-2H3. The third kappa shape index (κ3) is 3.55. The van der Waals surface area contributed by atoms with E-state index in [-0.39, 0.29) is 11.5 Å². The molecule has 1 unspecified atom stereocenters. The maximum atomic E-state index is 6.16. The Morgan fingerprint density at radius 3 is 2.75 bits per heavy atom. The van der Waals surface area contributed by atoms with Crippen LogP contribution in [0.2, 0.25) is 0 Å². The van der Waals surface area contributed by atoms with Gasteiger partial charge in [-0.15, -0.1) is 11.6 Å². The Kier molecular flexibility index (Phi) is 5.88. The lowest BCUT2D eigenvalue weighted by Gasteiger charge is -2.32. The molecule has 2 nitrogen and oxygen atoms in total. The fourth-order valence-corrected chi connectivity index (χ4v) is 3.32. The van der Waals surface area contributed by atoms with Crippen LogP contribution in [0.15, 0.2) is 24.3 Å². The third-order valence-corrected chi connectivity index (χ3v) is 5.27. The van der Waals surface area contributed by atoms with Crippen LogP contribution in [-0.2, 0) is 11.2 Å². The molecular formula is C17H26ClNO. The second-order valence-electron chi connectivity index (χ2n) is 5.78. The molecule has 0 bridgehead atoms. The zero-order chi connectivity index (χ0) is 14.4. The molecule has 2 rings (SSSR count). The molecule has 1 aromatic rings. The van der Waals surface area contributed by atoms with Gasteiger partial charge >= 0.3 is 0 Å². The van der Waals surface area contributed by atoms with Gasteiger partial charge < -0.3 is 10.1 Å². The topological polar surface area (TPSA) is 21.3 Å². The summed E-state index contributed by atoms with van der Waals surface area (Å²) in [5, 5.41) is 3.58. The smallest absolute Gasteiger partial charge is 0.0952 e. The molecule has 0 saturated carbocycles. The fraction of sp³-hybridized carbons (Fsp3) is 0.647. The highest BCUT2D eigenvalue weighted by Gasteiger charge is 2.26. The quantitative estimate of drug-likeness (QED) is 0.770. The lowest BCUT2D eigenvalue weighted by atomic mass is 9.84. The van der Waals surface area contributed by atoms with Crippen LogP contribution in [0.25, 0.3) is 0 Å². The van der Waals surface area contributed by atoms with Gasteiger partial charge in [0.05, 0.1) is 12.7 Å². The summed E-state index contributed by atoms with van der Waals surface area (Å²) in [5.41, 5.74) is 2.99. The van der Waals surface area contributed by atoms with Crippen molar-refractivity contribution in [3.8, 4) is 0 Å².